The van der Waals surface area contributed by atoms with Crippen molar-refractivity contribution in [1.82, 2.24) is 25.5 Å². The molecule has 138 valence electrons. The average molecular weight is 360 g/mol. The lowest BCUT2D eigenvalue weighted by atomic mass is 10.3. The molecule has 0 saturated heterocycles. The van der Waals surface area contributed by atoms with Crippen molar-refractivity contribution in [3.63, 3.8) is 0 Å². The molecule has 1 saturated carbocycles. The second-order valence-corrected chi connectivity index (χ2v) is 5.79. The van der Waals surface area contributed by atoms with Crippen molar-refractivity contribution in [3.05, 3.63) is 24.3 Å². The van der Waals surface area contributed by atoms with Gasteiger partial charge in [-0.2, -0.15) is 5.21 Å². The van der Waals surface area contributed by atoms with Gasteiger partial charge in [0.25, 0.3) is 11.9 Å². The van der Waals surface area contributed by atoms with Gasteiger partial charge in [0.05, 0.1) is 7.11 Å². The molecule has 0 atom stereocenters. The van der Waals surface area contributed by atoms with Crippen LogP contribution in [0, 0.1) is 0 Å². The number of tetrazole rings is 1. The number of ether oxygens (including phenoxy) is 2. The Balaban J connectivity index is 1.50. The Kier molecular flexibility index (Phi) is 5.62. The Bertz CT molecular complexity index is 747. The summed E-state index contributed by atoms with van der Waals surface area (Å²) in [4.78, 5) is 26.1. The topological polar surface area (TPSA) is 122 Å². The molecule has 2 aromatic rings. The third-order valence-electron chi connectivity index (χ3n) is 3.90. The fourth-order valence-corrected chi connectivity index (χ4v) is 2.48. The summed E-state index contributed by atoms with van der Waals surface area (Å²) in [5.74, 6) is 0.742. The van der Waals surface area contributed by atoms with Gasteiger partial charge in [0.15, 0.2) is 18.1 Å². The maximum atomic E-state index is 12.5. The molecule has 1 fully saturated rings. The molecule has 1 aromatic heterocycles. The zero-order valence-corrected chi connectivity index (χ0v) is 14.3. The first kappa shape index (κ1) is 17.6. The highest BCUT2D eigenvalue weighted by Crippen LogP contribution is 2.28. The smallest absolute Gasteiger partial charge is 0.269 e. The van der Waals surface area contributed by atoms with E-state index in [1.54, 1.807) is 24.1 Å². The van der Waals surface area contributed by atoms with Crippen LogP contribution in [0.25, 0.3) is 0 Å². The number of amides is 2. The highest BCUT2D eigenvalue weighted by molar-refractivity contribution is 5.89. The number of H-pyrrole nitrogens is 1. The highest BCUT2D eigenvalue weighted by Gasteiger charge is 2.32. The van der Waals surface area contributed by atoms with E-state index in [9.17, 15) is 9.59 Å². The molecule has 1 aromatic carbocycles. The van der Waals surface area contributed by atoms with Crippen LogP contribution >= 0.6 is 0 Å². The Morgan fingerprint density at radius 1 is 1.31 bits per heavy atom. The molecule has 3 rings (SSSR count). The van der Waals surface area contributed by atoms with E-state index in [0.29, 0.717) is 18.0 Å². The number of para-hydroxylation sites is 2. The summed E-state index contributed by atoms with van der Waals surface area (Å²) in [6.07, 6.45) is 2.02. The number of aromatic amines is 1. The fourth-order valence-electron chi connectivity index (χ4n) is 2.48. The number of carbonyl (C=O) groups excluding carboxylic acids is 2. The maximum absolute atomic E-state index is 12.5. The van der Waals surface area contributed by atoms with E-state index < -0.39 is 0 Å². The van der Waals surface area contributed by atoms with Crippen LogP contribution in [-0.4, -0.2) is 63.6 Å². The predicted molar refractivity (Wildman–Crippen MR) is 90.6 cm³/mol. The van der Waals surface area contributed by atoms with Gasteiger partial charge in [-0.3, -0.25) is 14.9 Å². The van der Waals surface area contributed by atoms with Crippen molar-refractivity contribution < 1.29 is 19.1 Å². The number of nitrogens with zero attached hydrogens (tertiary/aromatic N) is 4. The van der Waals surface area contributed by atoms with Crippen LogP contribution < -0.4 is 14.8 Å². The summed E-state index contributed by atoms with van der Waals surface area (Å²) in [5.41, 5.74) is 0. The minimum absolute atomic E-state index is 0.108. The highest BCUT2D eigenvalue weighted by atomic mass is 16.5. The quantitative estimate of drug-likeness (QED) is 0.671. The first-order valence-electron chi connectivity index (χ1n) is 8.26. The van der Waals surface area contributed by atoms with Crippen molar-refractivity contribution in [2.45, 2.75) is 25.3 Å². The predicted octanol–water partition coefficient (Wildman–Crippen LogP) is 0.607. The first-order valence-corrected chi connectivity index (χ1v) is 8.26. The summed E-state index contributed by atoms with van der Waals surface area (Å²) in [6.45, 7) is 0.200. The summed E-state index contributed by atoms with van der Waals surface area (Å²) in [6, 6.07) is 7.31. The van der Waals surface area contributed by atoms with Gasteiger partial charge in [-0.15, -0.1) is 5.10 Å². The van der Waals surface area contributed by atoms with Crippen molar-refractivity contribution >= 4 is 17.8 Å². The van der Waals surface area contributed by atoms with Gasteiger partial charge in [-0.05, 0) is 30.2 Å². The Morgan fingerprint density at radius 2 is 2.08 bits per heavy atom. The molecule has 2 amide bonds. The molecule has 1 heterocycles. The fraction of sp³-hybridized carbons (Fsp3) is 0.438. The van der Waals surface area contributed by atoms with E-state index in [1.165, 1.54) is 0 Å². The van der Waals surface area contributed by atoms with Crippen LogP contribution in [0.3, 0.4) is 0 Å². The van der Waals surface area contributed by atoms with Crippen molar-refractivity contribution in [2.24, 2.45) is 0 Å². The number of hydrogen-bond acceptors (Lipinski definition) is 7. The van der Waals surface area contributed by atoms with E-state index in [2.05, 4.69) is 25.9 Å². The molecule has 1 aliphatic carbocycles. The monoisotopic (exact) mass is 360 g/mol. The summed E-state index contributed by atoms with van der Waals surface area (Å²) >= 11 is 0. The second kappa shape index (κ2) is 8.28. The van der Waals surface area contributed by atoms with Gasteiger partial charge in [0.2, 0.25) is 5.91 Å². The number of methoxy groups -OCH3 is 1. The molecule has 0 unspecified atom stereocenters. The minimum Gasteiger partial charge on any atom is -0.493 e. The van der Waals surface area contributed by atoms with Crippen LogP contribution in [0.4, 0.5) is 5.95 Å². The average Bonchev–Trinajstić information content (AvgIpc) is 3.36. The normalized spacial score (nSPS) is 13.1. The number of anilines is 1. The SMILES string of the molecule is COc1ccccc1OCC(=O)N(CCC(=O)Nc1nn[nH]n1)C1CC1. The lowest BCUT2D eigenvalue weighted by Gasteiger charge is -2.22. The van der Waals surface area contributed by atoms with E-state index in [-0.39, 0.29) is 36.8 Å². The Labute approximate surface area is 149 Å². The molecule has 1 aliphatic rings. The standard InChI is InChI=1S/C16H20N6O4/c1-25-12-4-2-3-5-13(12)26-10-15(24)22(11-6-7-11)9-8-14(23)17-16-18-20-21-19-16/h2-5,11H,6-10H2,1H3,(H2,17,18,19,20,21,23). The lowest BCUT2D eigenvalue weighted by Crippen LogP contribution is -2.38. The zero-order chi connectivity index (χ0) is 18.4. The summed E-state index contributed by atoms with van der Waals surface area (Å²) in [7, 11) is 1.54. The first-order chi connectivity index (χ1) is 12.7. The van der Waals surface area contributed by atoms with Crippen LogP contribution in [0.1, 0.15) is 19.3 Å². The minimum atomic E-state index is -0.282. The van der Waals surface area contributed by atoms with Gasteiger partial charge in [-0.25, -0.2) is 0 Å². The van der Waals surface area contributed by atoms with Gasteiger partial charge >= 0.3 is 0 Å². The number of carbonyl (C=O) groups is 2. The molecular weight excluding hydrogens is 340 g/mol. The molecule has 0 aliphatic heterocycles. The number of benzene rings is 1. The molecule has 10 heteroatoms. The largest absolute Gasteiger partial charge is 0.493 e. The molecule has 2 N–H and O–H groups in total. The van der Waals surface area contributed by atoms with Gasteiger partial charge < -0.3 is 14.4 Å². The van der Waals surface area contributed by atoms with E-state index in [0.717, 1.165) is 12.8 Å². The van der Waals surface area contributed by atoms with Crippen molar-refractivity contribution in [3.8, 4) is 11.5 Å². The maximum Gasteiger partial charge on any atom is 0.269 e. The van der Waals surface area contributed by atoms with E-state index in [4.69, 9.17) is 9.47 Å². The molecule has 0 bridgehead atoms. The van der Waals surface area contributed by atoms with E-state index in [1.807, 2.05) is 12.1 Å². The number of rotatable bonds is 9. The van der Waals surface area contributed by atoms with Crippen LogP contribution in [-0.2, 0) is 9.59 Å². The van der Waals surface area contributed by atoms with Gasteiger partial charge in [0.1, 0.15) is 0 Å². The third-order valence-corrected chi connectivity index (χ3v) is 3.90. The van der Waals surface area contributed by atoms with Gasteiger partial charge in [-0.1, -0.05) is 17.2 Å². The third kappa shape index (κ3) is 4.68. The molecular formula is C16H20N6O4. The molecule has 0 spiro atoms. The van der Waals surface area contributed by atoms with Crippen LogP contribution in [0.15, 0.2) is 24.3 Å². The number of nitrogens with one attached hydrogen (secondary N) is 2. The summed E-state index contributed by atoms with van der Waals surface area (Å²) < 4.78 is 10.8. The lowest BCUT2D eigenvalue weighted by molar-refractivity contribution is -0.134. The second-order valence-electron chi connectivity index (χ2n) is 5.79. The Morgan fingerprint density at radius 3 is 2.73 bits per heavy atom. The van der Waals surface area contributed by atoms with E-state index >= 15 is 0 Å². The van der Waals surface area contributed by atoms with Crippen LogP contribution in [0.2, 0.25) is 0 Å². The van der Waals surface area contributed by atoms with Gasteiger partial charge in [0, 0.05) is 19.0 Å². The van der Waals surface area contributed by atoms with Crippen molar-refractivity contribution in [1.29, 1.82) is 0 Å². The summed E-state index contributed by atoms with van der Waals surface area (Å²) in [5, 5.41) is 15.4. The molecule has 0 radical (unpaired) electrons. The van der Waals surface area contributed by atoms with Crippen molar-refractivity contribution in [2.75, 3.05) is 25.6 Å². The Hall–Kier alpha value is -3.17. The number of aromatic nitrogens is 4. The molecule has 10 nitrogen and oxygen atoms in total. The number of hydrogen-bond donors (Lipinski definition) is 2. The molecule has 26 heavy (non-hydrogen) atoms. The zero-order valence-electron chi connectivity index (χ0n) is 14.3. The van der Waals surface area contributed by atoms with Crippen LogP contribution in [0.5, 0.6) is 11.5 Å².